The minimum absolute atomic E-state index is 0.0266. The highest BCUT2D eigenvalue weighted by Crippen LogP contribution is 2.13. The second-order valence-corrected chi connectivity index (χ2v) is 2.72. The topological polar surface area (TPSA) is 53.8 Å². The van der Waals surface area contributed by atoms with Gasteiger partial charge in [0.1, 0.15) is 6.34 Å². The van der Waals surface area contributed by atoms with Crippen molar-refractivity contribution in [1.82, 2.24) is 5.32 Å². The molecule has 2 aliphatic rings. The Balaban J connectivity index is 2.25. The van der Waals surface area contributed by atoms with Gasteiger partial charge in [0.2, 0.25) is 0 Å². The zero-order valence-electron chi connectivity index (χ0n) is 6.08. The number of carbonyl (C=O) groups is 1. The molecule has 1 saturated heterocycles. The third kappa shape index (κ3) is 1.09. The van der Waals surface area contributed by atoms with Gasteiger partial charge in [0.25, 0.3) is 5.91 Å². The molecule has 11 heavy (non-hydrogen) atoms. The van der Waals surface area contributed by atoms with Crippen molar-refractivity contribution in [3.05, 3.63) is 0 Å². The third-order valence-electron chi connectivity index (χ3n) is 2.02. The number of aliphatic imine (C=N–C) groups is 2. The monoisotopic (exact) mass is 151 g/mol. The van der Waals surface area contributed by atoms with Crippen LogP contribution in [0.15, 0.2) is 9.98 Å². The Kier molecular flexibility index (Phi) is 1.54. The quantitative estimate of drug-likeness (QED) is 0.512. The molecule has 58 valence electrons. The van der Waals surface area contributed by atoms with Crippen LogP contribution in [0.2, 0.25) is 0 Å². The van der Waals surface area contributed by atoms with Gasteiger partial charge in [-0.25, -0.2) is 9.98 Å². The third-order valence-corrected chi connectivity index (χ3v) is 2.02. The van der Waals surface area contributed by atoms with Crippen molar-refractivity contribution in [2.24, 2.45) is 15.9 Å². The van der Waals surface area contributed by atoms with E-state index in [1.807, 2.05) is 0 Å². The van der Waals surface area contributed by atoms with Gasteiger partial charge in [0, 0.05) is 12.3 Å². The normalized spacial score (nSPS) is 29.6. The fourth-order valence-electron chi connectivity index (χ4n) is 1.40. The lowest BCUT2D eigenvalue weighted by Crippen LogP contribution is -2.41. The number of carbonyl (C=O) groups excluding carboxylic acids is 1. The van der Waals surface area contributed by atoms with Crippen molar-refractivity contribution >= 4 is 18.0 Å². The number of hydrogen-bond donors (Lipinski definition) is 1. The van der Waals surface area contributed by atoms with Crippen molar-refractivity contribution < 1.29 is 4.79 Å². The Morgan fingerprint density at radius 1 is 1.64 bits per heavy atom. The van der Waals surface area contributed by atoms with Crippen LogP contribution < -0.4 is 5.32 Å². The highest BCUT2D eigenvalue weighted by molar-refractivity contribution is 6.12. The van der Waals surface area contributed by atoms with Gasteiger partial charge in [-0.15, -0.1) is 0 Å². The van der Waals surface area contributed by atoms with E-state index in [0.717, 1.165) is 25.2 Å². The van der Waals surface area contributed by atoms with Crippen LogP contribution in [0, 0.1) is 5.92 Å². The molecule has 0 spiro atoms. The molecule has 4 heteroatoms. The summed E-state index contributed by atoms with van der Waals surface area (Å²) in [5.74, 6) is -0.0576. The van der Waals surface area contributed by atoms with Crippen LogP contribution in [-0.2, 0) is 4.79 Å². The zero-order valence-corrected chi connectivity index (χ0v) is 6.08. The van der Waals surface area contributed by atoms with E-state index in [2.05, 4.69) is 15.3 Å². The maximum atomic E-state index is 11.1. The molecule has 0 aromatic carbocycles. The molecule has 2 heterocycles. The van der Waals surface area contributed by atoms with E-state index in [4.69, 9.17) is 0 Å². The molecule has 0 radical (unpaired) electrons. The summed E-state index contributed by atoms with van der Waals surface area (Å²) >= 11 is 0. The largest absolute Gasteiger partial charge is 0.311 e. The van der Waals surface area contributed by atoms with Gasteiger partial charge in [0.05, 0.1) is 5.92 Å². The first-order chi connectivity index (χ1) is 5.38. The lowest BCUT2D eigenvalue weighted by atomic mass is 9.94. The number of nitrogens with one attached hydrogen (secondary N) is 1. The molecular weight excluding hydrogens is 142 g/mol. The van der Waals surface area contributed by atoms with Gasteiger partial charge >= 0.3 is 0 Å². The Morgan fingerprint density at radius 2 is 2.55 bits per heavy atom. The van der Waals surface area contributed by atoms with Crippen molar-refractivity contribution in [3.63, 3.8) is 0 Å². The maximum absolute atomic E-state index is 11.1. The van der Waals surface area contributed by atoms with E-state index in [-0.39, 0.29) is 11.8 Å². The number of rotatable bonds is 0. The van der Waals surface area contributed by atoms with E-state index in [9.17, 15) is 4.79 Å². The highest BCUT2D eigenvalue weighted by atomic mass is 16.1. The predicted octanol–water partition coefficient (Wildman–Crippen LogP) is -0.395. The number of amides is 1. The van der Waals surface area contributed by atoms with Crippen LogP contribution in [0.4, 0.5) is 0 Å². The van der Waals surface area contributed by atoms with Crippen molar-refractivity contribution in [2.75, 3.05) is 13.1 Å². The fraction of sp³-hybridized carbons (Fsp3) is 0.571. The van der Waals surface area contributed by atoms with E-state index >= 15 is 0 Å². The van der Waals surface area contributed by atoms with Gasteiger partial charge in [0.15, 0.2) is 0 Å². The Labute approximate surface area is 64.4 Å². The van der Waals surface area contributed by atoms with Crippen LogP contribution in [0.1, 0.15) is 6.42 Å². The standard InChI is InChI=1S/C7H9N3O/c11-7-5-1-2-8-3-6(5)9-4-10-7/h4-5,8H,1-3H2/t5-/m0/s1. The lowest BCUT2D eigenvalue weighted by molar-refractivity contribution is -0.120. The molecule has 1 atom stereocenters. The van der Waals surface area contributed by atoms with Crippen molar-refractivity contribution in [1.29, 1.82) is 0 Å². The summed E-state index contributed by atoms with van der Waals surface area (Å²) in [6, 6.07) is 0. The van der Waals surface area contributed by atoms with Crippen LogP contribution >= 0.6 is 0 Å². The summed E-state index contributed by atoms with van der Waals surface area (Å²) < 4.78 is 0. The van der Waals surface area contributed by atoms with Gasteiger partial charge in [-0.2, -0.15) is 0 Å². The first-order valence-electron chi connectivity index (χ1n) is 3.71. The predicted molar refractivity (Wildman–Crippen MR) is 41.9 cm³/mol. The SMILES string of the molecule is O=C1N=CN=C2CNCC[C@H]12. The molecule has 0 aromatic heterocycles. The Bertz CT molecular complexity index is 244. The fourth-order valence-corrected chi connectivity index (χ4v) is 1.40. The number of nitrogens with zero attached hydrogens (tertiary/aromatic N) is 2. The van der Waals surface area contributed by atoms with Gasteiger partial charge in [-0.05, 0) is 13.0 Å². The van der Waals surface area contributed by atoms with E-state index in [1.54, 1.807) is 0 Å². The molecule has 0 unspecified atom stereocenters. The zero-order chi connectivity index (χ0) is 7.68. The smallest absolute Gasteiger partial charge is 0.256 e. The number of piperidine rings is 1. The van der Waals surface area contributed by atoms with Crippen LogP contribution in [0.3, 0.4) is 0 Å². The number of hydrogen-bond acceptors (Lipinski definition) is 3. The first kappa shape index (κ1) is 6.67. The Hall–Kier alpha value is -1.03. The van der Waals surface area contributed by atoms with Crippen molar-refractivity contribution in [2.45, 2.75) is 6.42 Å². The molecule has 1 amide bonds. The average Bonchev–Trinajstić information content (AvgIpc) is 2.06. The minimum atomic E-state index is -0.0310. The second-order valence-electron chi connectivity index (χ2n) is 2.72. The molecule has 0 saturated carbocycles. The number of fused-ring (bicyclic) bond motifs is 1. The summed E-state index contributed by atoms with van der Waals surface area (Å²) in [6.07, 6.45) is 2.19. The van der Waals surface area contributed by atoms with Gasteiger partial charge in [-0.3, -0.25) is 4.79 Å². The minimum Gasteiger partial charge on any atom is -0.311 e. The molecule has 1 N–H and O–H groups in total. The molecule has 1 fully saturated rings. The molecule has 0 aromatic rings. The van der Waals surface area contributed by atoms with E-state index < -0.39 is 0 Å². The molecule has 2 rings (SSSR count). The molecular formula is C7H9N3O. The summed E-state index contributed by atoms with van der Waals surface area (Å²) in [5, 5.41) is 3.16. The van der Waals surface area contributed by atoms with Gasteiger partial charge in [-0.1, -0.05) is 0 Å². The summed E-state index contributed by atoms with van der Waals surface area (Å²) in [7, 11) is 0. The molecule has 0 aliphatic carbocycles. The van der Waals surface area contributed by atoms with Crippen LogP contribution in [-0.4, -0.2) is 31.0 Å². The second kappa shape index (κ2) is 2.54. The summed E-state index contributed by atoms with van der Waals surface area (Å²) in [4.78, 5) is 18.8. The van der Waals surface area contributed by atoms with E-state index in [0.29, 0.717) is 0 Å². The highest BCUT2D eigenvalue weighted by Gasteiger charge is 2.27. The lowest BCUT2D eigenvalue weighted by Gasteiger charge is -2.23. The molecule has 2 aliphatic heterocycles. The average molecular weight is 151 g/mol. The van der Waals surface area contributed by atoms with Crippen LogP contribution in [0.25, 0.3) is 0 Å². The Morgan fingerprint density at radius 3 is 3.36 bits per heavy atom. The molecule has 4 nitrogen and oxygen atoms in total. The summed E-state index contributed by atoms with van der Waals surface area (Å²) in [6.45, 7) is 1.63. The first-order valence-corrected chi connectivity index (χ1v) is 3.71. The van der Waals surface area contributed by atoms with E-state index in [1.165, 1.54) is 6.34 Å². The maximum Gasteiger partial charge on any atom is 0.256 e. The molecule has 0 bridgehead atoms. The van der Waals surface area contributed by atoms with Crippen LogP contribution in [0.5, 0.6) is 0 Å². The summed E-state index contributed by atoms with van der Waals surface area (Å²) in [5.41, 5.74) is 0.941. The van der Waals surface area contributed by atoms with Crippen molar-refractivity contribution in [3.8, 4) is 0 Å². The van der Waals surface area contributed by atoms with Gasteiger partial charge < -0.3 is 5.32 Å².